The summed E-state index contributed by atoms with van der Waals surface area (Å²) in [6, 6.07) is 6.73. The first-order valence-corrected chi connectivity index (χ1v) is 7.57. The molecule has 0 fully saturated rings. The number of hydrogen-bond acceptors (Lipinski definition) is 3. The Kier molecular flexibility index (Phi) is 4.81. The van der Waals surface area contributed by atoms with E-state index in [9.17, 15) is 4.79 Å². The van der Waals surface area contributed by atoms with Gasteiger partial charge in [0.2, 0.25) is 0 Å². The number of nitrogens with zero attached hydrogens (tertiary/aromatic N) is 1. The van der Waals surface area contributed by atoms with Gasteiger partial charge in [-0.1, -0.05) is 34.8 Å². The molecule has 2 N–H and O–H groups in total. The van der Waals surface area contributed by atoms with Crippen LogP contribution >= 0.6 is 46.1 Å². The van der Waals surface area contributed by atoms with Crippen LogP contribution in [-0.4, -0.2) is 17.9 Å². The minimum absolute atomic E-state index is 0.181. The molecule has 0 atom stereocenters. The van der Waals surface area contributed by atoms with Crippen LogP contribution in [0.2, 0.25) is 14.4 Å². The van der Waals surface area contributed by atoms with Crippen LogP contribution in [0, 0.1) is 0 Å². The number of amides is 1. The van der Waals surface area contributed by atoms with Crippen LogP contribution in [0.25, 0.3) is 0 Å². The Labute approximate surface area is 135 Å². The van der Waals surface area contributed by atoms with E-state index in [0.717, 1.165) is 4.88 Å². The van der Waals surface area contributed by atoms with Crippen LogP contribution in [0.15, 0.2) is 24.3 Å². The van der Waals surface area contributed by atoms with Crippen molar-refractivity contribution in [1.29, 1.82) is 0 Å². The van der Waals surface area contributed by atoms with Crippen molar-refractivity contribution in [3.8, 4) is 0 Å². The second kappa shape index (κ2) is 6.22. The molecule has 0 saturated carbocycles. The predicted molar refractivity (Wildman–Crippen MR) is 86.0 cm³/mol. The minimum Gasteiger partial charge on any atom is -0.397 e. The van der Waals surface area contributed by atoms with Gasteiger partial charge >= 0.3 is 0 Å². The van der Waals surface area contributed by atoms with Crippen molar-refractivity contribution < 1.29 is 4.79 Å². The van der Waals surface area contributed by atoms with Crippen LogP contribution in [0.4, 0.5) is 5.69 Å². The maximum Gasteiger partial charge on any atom is 0.254 e. The summed E-state index contributed by atoms with van der Waals surface area (Å²) in [5.74, 6) is -0.181. The molecule has 0 bridgehead atoms. The lowest BCUT2D eigenvalue weighted by Crippen LogP contribution is -2.25. The van der Waals surface area contributed by atoms with E-state index in [1.54, 1.807) is 18.0 Å². The topological polar surface area (TPSA) is 46.3 Å². The van der Waals surface area contributed by atoms with Gasteiger partial charge in [0.05, 0.1) is 26.6 Å². The van der Waals surface area contributed by atoms with Crippen molar-refractivity contribution in [3.05, 3.63) is 49.1 Å². The van der Waals surface area contributed by atoms with E-state index in [1.165, 1.54) is 23.5 Å². The van der Waals surface area contributed by atoms with Crippen LogP contribution in [0.1, 0.15) is 15.2 Å². The van der Waals surface area contributed by atoms with Crippen LogP contribution in [-0.2, 0) is 6.54 Å². The quantitative estimate of drug-likeness (QED) is 0.825. The molecule has 0 aliphatic rings. The molecule has 0 unspecified atom stereocenters. The molecule has 7 heteroatoms. The molecule has 1 aromatic heterocycles. The summed E-state index contributed by atoms with van der Waals surface area (Å²) in [5, 5.41) is 0.526. The molecule has 2 rings (SSSR count). The smallest absolute Gasteiger partial charge is 0.254 e. The number of benzene rings is 1. The Morgan fingerprint density at radius 2 is 2.00 bits per heavy atom. The van der Waals surface area contributed by atoms with E-state index in [4.69, 9.17) is 40.5 Å². The van der Waals surface area contributed by atoms with Crippen molar-refractivity contribution in [1.82, 2.24) is 4.90 Å². The number of rotatable bonds is 3. The highest BCUT2D eigenvalue weighted by Gasteiger charge is 2.16. The molecule has 2 aromatic rings. The lowest BCUT2D eigenvalue weighted by Gasteiger charge is -2.17. The Bertz CT molecular complexity index is 634. The van der Waals surface area contributed by atoms with Crippen molar-refractivity contribution >= 4 is 57.7 Å². The third-order valence-electron chi connectivity index (χ3n) is 2.67. The number of hydrogen-bond donors (Lipinski definition) is 1. The fourth-order valence-electron chi connectivity index (χ4n) is 1.70. The number of carbonyl (C=O) groups excluding carboxylic acids is 1. The zero-order valence-corrected chi connectivity index (χ0v) is 13.6. The van der Waals surface area contributed by atoms with E-state index >= 15 is 0 Å². The number of carbonyl (C=O) groups is 1. The largest absolute Gasteiger partial charge is 0.397 e. The van der Waals surface area contributed by atoms with Gasteiger partial charge in [-0.05, 0) is 24.3 Å². The Balaban J connectivity index is 2.18. The maximum absolute atomic E-state index is 12.3. The van der Waals surface area contributed by atoms with Crippen molar-refractivity contribution in [2.75, 3.05) is 12.8 Å². The molecule has 106 valence electrons. The second-order valence-corrected chi connectivity index (χ2v) is 6.81. The summed E-state index contributed by atoms with van der Waals surface area (Å²) in [7, 11) is 1.70. The number of anilines is 1. The first kappa shape index (κ1) is 15.4. The Morgan fingerprint density at radius 1 is 1.30 bits per heavy atom. The van der Waals surface area contributed by atoms with Gasteiger partial charge in [0.1, 0.15) is 0 Å². The highest BCUT2D eigenvalue weighted by atomic mass is 35.5. The van der Waals surface area contributed by atoms with E-state index in [0.29, 0.717) is 16.4 Å². The van der Waals surface area contributed by atoms with Gasteiger partial charge in [0.25, 0.3) is 5.91 Å². The van der Waals surface area contributed by atoms with E-state index < -0.39 is 0 Å². The van der Waals surface area contributed by atoms with E-state index in [-0.39, 0.29) is 21.6 Å². The molecular weight excluding hydrogens is 339 g/mol. The molecule has 0 saturated heterocycles. The van der Waals surface area contributed by atoms with Crippen LogP contribution in [0.3, 0.4) is 0 Å². The van der Waals surface area contributed by atoms with Crippen LogP contribution in [0.5, 0.6) is 0 Å². The molecular formula is C13H11Cl3N2OS. The lowest BCUT2D eigenvalue weighted by molar-refractivity contribution is 0.0786. The third kappa shape index (κ3) is 3.38. The highest BCUT2D eigenvalue weighted by Crippen LogP contribution is 2.30. The van der Waals surface area contributed by atoms with E-state index in [2.05, 4.69) is 0 Å². The summed E-state index contributed by atoms with van der Waals surface area (Å²) < 4.78 is 0.694. The van der Waals surface area contributed by atoms with Crippen molar-refractivity contribution in [2.24, 2.45) is 0 Å². The fraction of sp³-hybridized carbons (Fsp3) is 0.154. The predicted octanol–water partition coefficient (Wildman–Crippen LogP) is 4.56. The lowest BCUT2D eigenvalue weighted by atomic mass is 10.1. The molecule has 1 aromatic carbocycles. The number of nitrogen functional groups attached to an aromatic ring is 1. The molecule has 3 nitrogen and oxygen atoms in total. The molecule has 0 aliphatic heterocycles. The maximum atomic E-state index is 12.3. The molecule has 0 aliphatic carbocycles. The molecule has 1 amide bonds. The number of nitrogens with two attached hydrogens (primary N) is 1. The summed E-state index contributed by atoms with van der Waals surface area (Å²) >= 11 is 19.1. The highest BCUT2D eigenvalue weighted by molar-refractivity contribution is 7.16. The van der Waals surface area contributed by atoms with Gasteiger partial charge in [-0.25, -0.2) is 0 Å². The normalized spacial score (nSPS) is 10.6. The van der Waals surface area contributed by atoms with Gasteiger partial charge in [-0.15, -0.1) is 11.3 Å². The SMILES string of the molecule is CN(Cc1ccc(Cl)s1)C(=O)c1cc(N)c(Cl)c(Cl)c1. The van der Waals surface area contributed by atoms with Gasteiger partial charge in [-0.2, -0.15) is 0 Å². The third-order valence-corrected chi connectivity index (χ3v) is 4.70. The second-order valence-electron chi connectivity index (χ2n) is 4.23. The van der Waals surface area contributed by atoms with Gasteiger partial charge in [0.15, 0.2) is 0 Å². The van der Waals surface area contributed by atoms with E-state index in [1.807, 2.05) is 6.07 Å². The molecule has 0 spiro atoms. The number of thiophene rings is 1. The monoisotopic (exact) mass is 348 g/mol. The van der Waals surface area contributed by atoms with Crippen molar-refractivity contribution in [3.63, 3.8) is 0 Å². The summed E-state index contributed by atoms with van der Waals surface area (Å²) in [5.41, 5.74) is 6.40. The summed E-state index contributed by atoms with van der Waals surface area (Å²) in [6.07, 6.45) is 0. The van der Waals surface area contributed by atoms with Gasteiger partial charge < -0.3 is 10.6 Å². The minimum atomic E-state index is -0.181. The first-order chi connectivity index (χ1) is 9.38. The Morgan fingerprint density at radius 3 is 2.55 bits per heavy atom. The average molecular weight is 350 g/mol. The van der Waals surface area contributed by atoms with Crippen LogP contribution < -0.4 is 5.73 Å². The zero-order chi connectivity index (χ0) is 14.9. The summed E-state index contributed by atoms with van der Waals surface area (Å²) in [4.78, 5) is 14.9. The summed E-state index contributed by atoms with van der Waals surface area (Å²) in [6.45, 7) is 0.469. The Hall–Kier alpha value is -0.940. The zero-order valence-electron chi connectivity index (χ0n) is 10.5. The molecule has 0 radical (unpaired) electrons. The number of halogens is 3. The van der Waals surface area contributed by atoms with Crippen molar-refractivity contribution in [2.45, 2.75) is 6.54 Å². The molecule has 1 heterocycles. The molecule has 20 heavy (non-hydrogen) atoms. The van der Waals surface area contributed by atoms with Gasteiger partial charge in [-0.3, -0.25) is 4.79 Å². The standard InChI is InChI=1S/C13H11Cl3N2OS/c1-18(6-8-2-3-11(15)20-8)13(19)7-4-9(14)12(16)10(17)5-7/h2-5H,6,17H2,1H3. The first-order valence-electron chi connectivity index (χ1n) is 5.62. The van der Waals surface area contributed by atoms with Gasteiger partial charge in [0, 0.05) is 17.5 Å². The fourth-order valence-corrected chi connectivity index (χ4v) is 3.17. The average Bonchev–Trinajstić information content (AvgIpc) is 2.79.